The maximum atomic E-state index is 5.17. The summed E-state index contributed by atoms with van der Waals surface area (Å²) in [6.45, 7) is 4.43. The first kappa shape index (κ1) is 21.3. The monoisotopic (exact) mass is 457 g/mol. The zero-order valence-electron chi connectivity index (χ0n) is 15.2. The average Bonchev–Trinajstić information content (AvgIpc) is 3.02. The van der Waals surface area contributed by atoms with Crippen molar-refractivity contribution < 1.29 is 4.74 Å². The van der Waals surface area contributed by atoms with Gasteiger partial charge in [-0.25, -0.2) is 4.99 Å². The summed E-state index contributed by atoms with van der Waals surface area (Å²) in [6.07, 6.45) is 6.03. The topological polar surface area (TPSA) is 63.5 Å². The largest absolute Gasteiger partial charge is 0.497 e. The number of ether oxygens (including phenoxy) is 1. The first-order valence-corrected chi connectivity index (χ1v) is 8.34. The Morgan fingerprint density at radius 1 is 1.20 bits per heavy atom. The van der Waals surface area contributed by atoms with E-state index in [9.17, 15) is 0 Å². The predicted molar refractivity (Wildman–Crippen MR) is 113 cm³/mol. The van der Waals surface area contributed by atoms with Crippen LogP contribution in [0, 0.1) is 0 Å². The number of aryl methyl sites for hydroxylation is 2. The van der Waals surface area contributed by atoms with Gasteiger partial charge in [0.1, 0.15) is 5.75 Å². The zero-order chi connectivity index (χ0) is 17.2. The lowest BCUT2D eigenvalue weighted by Crippen LogP contribution is -2.37. The van der Waals surface area contributed by atoms with Crippen molar-refractivity contribution in [3.8, 4) is 5.75 Å². The van der Waals surface area contributed by atoms with Crippen LogP contribution in [-0.4, -0.2) is 35.9 Å². The van der Waals surface area contributed by atoms with Crippen LogP contribution < -0.4 is 15.4 Å². The second-order valence-electron chi connectivity index (χ2n) is 5.60. The second-order valence-corrected chi connectivity index (χ2v) is 5.60. The molecule has 0 saturated heterocycles. The molecule has 6 nitrogen and oxygen atoms in total. The SMILES string of the molecule is CCNC(=NCc1ccc(OC)cc1)NCCCc1cnn(C)c1.I. The summed E-state index contributed by atoms with van der Waals surface area (Å²) in [5.74, 6) is 1.71. The first-order chi connectivity index (χ1) is 11.7. The van der Waals surface area contributed by atoms with Crippen molar-refractivity contribution in [2.75, 3.05) is 20.2 Å². The summed E-state index contributed by atoms with van der Waals surface area (Å²) in [6, 6.07) is 7.99. The maximum absolute atomic E-state index is 5.17. The van der Waals surface area contributed by atoms with Gasteiger partial charge in [-0.1, -0.05) is 12.1 Å². The lowest BCUT2D eigenvalue weighted by molar-refractivity contribution is 0.414. The predicted octanol–water partition coefficient (Wildman–Crippen LogP) is 2.73. The molecule has 0 amide bonds. The number of halogens is 1. The maximum Gasteiger partial charge on any atom is 0.191 e. The number of hydrogen-bond donors (Lipinski definition) is 2. The van der Waals surface area contributed by atoms with Crippen LogP contribution in [-0.2, 0) is 20.0 Å². The Labute approximate surface area is 167 Å². The van der Waals surface area contributed by atoms with Gasteiger partial charge >= 0.3 is 0 Å². The number of benzene rings is 1. The molecule has 138 valence electrons. The van der Waals surface area contributed by atoms with Crippen LogP contribution in [0.5, 0.6) is 5.75 Å². The zero-order valence-corrected chi connectivity index (χ0v) is 17.5. The molecule has 2 rings (SSSR count). The van der Waals surface area contributed by atoms with Crippen molar-refractivity contribution in [1.29, 1.82) is 0 Å². The molecule has 1 aromatic heterocycles. The number of guanidine groups is 1. The summed E-state index contributed by atoms with van der Waals surface area (Å²) in [7, 11) is 3.61. The molecule has 0 fully saturated rings. The van der Waals surface area contributed by atoms with Gasteiger partial charge in [0.2, 0.25) is 0 Å². The standard InChI is InChI=1S/C18H27N5O.HI/c1-4-19-18(20-11-5-6-16-13-22-23(2)14-16)21-12-15-7-9-17(24-3)10-8-15;/h7-10,13-14H,4-6,11-12H2,1-3H3,(H2,19,20,21);1H. The molecule has 0 aliphatic heterocycles. The van der Waals surface area contributed by atoms with E-state index >= 15 is 0 Å². The minimum Gasteiger partial charge on any atom is -0.497 e. The molecular weight excluding hydrogens is 429 g/mol. The van der Waals surface area contributed by atoms with Crippen molar-refractivity contribution in [3.05, 3.63) is 47.8 Å². The summed E-state index contributed by atoms with van der Waals surface area (Å²) in [4.78, 5) is 4.63. The molecular formula is C18H28IN5O. The Bertz CT molecular complexity index is 639. The quantitative estimate of drug-likeness (QED) is 0.277. The van der Waals surface area contributed by atoms with Gasteiger partial charge in [-0.3, -0.25) is 4.68 Å². The highest BCUT2D eigenvalue weighted by Gasteiger charge is 2.00. The summed E-state index contributed by atoms with van der Waals surface area (Å²) < 4.78 is 7.01. The molecule has 0 bridgehead atoms. The van der Waals surface area contributed by atoms with Crippen molar-refractivity contribution >= 4 is 29.9 Å². The molecule has 1 heterocycles. The van der Waals surface area contributed by atoms with Crippen molar-refractivity contribution in [2.45, 2.75) is 26.3 Å². The van der Waals surface area contributed by atoms with E-state index in [4.69, 9.17) is 4.74 Å². The van der Waals surface area contributed by atoms with E-state index in [1.165, 1.54) is 5.56 Å². The number of methoxy groups -OCH3 is 1. The number of aromatic nitrogens is 2. The van der Waals surface area contributed by atoms with Crippen LogP contribution in [0.25, 0.3) is 0 Å². The molecule has 0 unspecified atom stereocenters. The molecule has 0 spiro atoms. The van der Waals surface area contributed by atoms with Crippen LogP contribution in [0.15, 0.2) is 41.7 Å². The van der Waals surface area contributed by atoms with E-state index in [0.29, 0.717) is 6.54 Å². The van der Waals surface area contributed by atoms with E-state index in [0.717, 1.165) is 43.2 Å². The molecule has 0 aliphatic carbocycles. The Hall–Kier alpha value is -1.77. The molecule has 0 saturated carbocycles. The van der Waals surface area contributed by atoms with Crippen molar-refractivity contribution in [3.63, 3.8) is 0 Å². The van der Waals surface area contributed by atoms with Crippen LogP contribution in [0.3, 0.4) is 0 Å². The van der Waals surface area contributed by atoms with E-state index in [1.807, 2.05) is 42.2 Å². The van der Waals surface area contributed by atoms with Gasteiger partial charge in [-0.05, 0) is 43.0 Å². The van der Waals surface area contributed by atoms with Crippen molar-refractivity contribution in [2.24, 2.45) is 12.0 Å². The van der Waals surface area contributed by atoms with Gasteiger partial charge in [0.25, 0.3) is 0 Å². The van der Waals surface area contributed by atoms with Crippen LogP contribution in [0.1, 0.15) is 24.5 Å². The number of nitrogens with one attached hydrogen (secondary N) is 2. The molecule has 0 radical (unpaired) electrons. The highest BCUT2D eigenvalue weighted by molar-refractivity contribution is 14.0. The second kappa shape index (κ2) is 11.7. The normalized spacial score (nSPS) is 10.9. The van der Waals surface area contributed by atoms with Gasteiger partial charge in [0.15, 0.2) is 5.96 Å². The number of rotatable bonds is 8. The van der Waals surface area contributed by atoms with E-state index < -0.39 is 0 Å². The molecule has 7 heteroatoms. The fourth-order valence-corrected chi connectivity index (χ4v) is 2.34. The van der Waals surface area contributed by atoms with Gasteiger partial charge in [0, 0.05) is 26.3 Å². The first-order valence-electron chi connectivity index (χ1n) is 8.34. The fraction of sp³-hybridized carbons (Fsp3) is 0.444. The number of aliphatic imine (C=N–C) groups is 1. The fourth-order valence-electron chi connectivity index (χ4n) is 2.34. The van der Waals surface area contributed by atoms with E-state index in [-0.39, 0.29) is 24.0 Å². The van der Waals surface area contributed by atoms with Crippen LogP contribution in [0.4, 0.5) is 0 Å². The van der Waals surface area contributed by atoms with Gasteiger partial charge in [-0.15, -0.1) is 24.0 Å². The van der Waals surface area contributed by atoms with E-state index in [2.05, 4.69) is 33.8 Å². The number of nitrogens with zero attached hydrogens (tertiary/aromatic N) is 3. The number of hydrogen-bond acceptors (Lipinski definition) is 3. The van der Waals surface area contributed by atoms with Gasteiger partial charge in [0.05, 0.1) is 19.9 Å². The molecule has 0 atom stereocenters. The molecule has 25 heavy (non-hydrogen) atoms. The minimum absolute atomic E-state index is 0. The van der Waals surface area contributed by atoms with Crippen LogP contribution >= 0.6 is 24.0 Å². The third-order valence-electron chi connectivity index (χ3n) is 3.62. The Morgan fingerprint density at radius 3 is 2.56 bits per heavy atom. The summed E-state index contributed by atoms with van der Waals surface area (Å²) in [5.41, 5.74) is 2.42. The van der Waals surface area contributed by atoms with Gasteiger partial charge in [-0.2, -0.15) is 5.10 Å². The minimum atomic E-state index is 0. The molecule has 0 aliphatic rings. The van der Waals surface area contributed by atoms with Crippen LogP contribution in [0.2, 0.25) is 0 Å². The Balaban J connectivity index is 0.00000312. The third-order valence-corrected chi connectivity index (χ3v) is 3.62. The molecule has 2 N–H and O–H groups in total. The summed E-state index contributed by atoms with van der Waals surface area (Å²) in [5, 5.41) is 10.8. The Kier molecular flexibility index (Phi) is 9.98. The van der Waals surface area contributed by atoms with Gasteiger partial charge < -0.3 is 15.4 Å². The smallest absolute Gasteiger partial charge is 0.191 e. The van der Waals surface area contributed by atoms with Crippen molar-refractivity contribution in [1.82, 2.24) is 20.4 Å². The van der Waals surface area contributed by atoms with E-state index in [1.54, 1.807) is 7.11 Å². The third kappa shape index (κ3) is 7.76. The molecule has 2 aromatic rings. The lowest BCUT2D eigenvalue weighted by Gasteiger charge is -2.11. The molecule has 1 aromatic carbocycles. The summed E-state index contributed by atoms with van der Waals surface area (Å²) >= 11 is 0. The lowest BCUT2D eigenvalue weighted by atomic mass is 10.2. The average molecular weight is 457 g/mol. The highest BCUT2D eigenvalue weighted by Crippen LogP contribution is 2.11. The highest BCUT2D eigenvalue weighted by atomic mass is 127. The Morgan fingerprint density at radius 2 is 1.96 bits per heavy atom.